The maximum absolute atomic E-state index is 14.2. The van der Waals surface area contributed by atoms with Crippen LogP contribution in [0.2, 0.25) is 0 Å². The molecule has 44 heavy (non-hydrogen) atoms. The van der Waals surface area contributed by atoms with Crippen molar-refractivity contribution in [2.45, 2.75) is 81.3 Å². The first-order chi connectivity index (χ1) is 21.1. The van der Waals surface area contributed by atoms with E-state index in [1.165, 1.54) is 16.7 Å². The topological polar surface area (TPSA) is 96.0 Å². The van der Waals surface area contributed by atoms with Gasteiger partial charge in [-0.15, -0.1) is 11.8 Å². The van der Waals surface area contributed by atoms with Crippen LogP contribution in [0.25, 0.3) is 0 Å². The van der Waals surface area contributed by atoms with Gasteiger partial charge in [0.05, 0.1) is 17.2 Å². The smallest absolute Gasteiger partial charge is 0.264 e. The van der Waals surface area contributed by atoms with E-state index >= 15 is 0 Å². The van der Waals surface area contributed by atoms with Crippen molar-refractivity contribution >= 4 is 39.3 Å². The van der Waals surface area contributed by atoms with Gasteiger partial charge in [-0.25, -0.2) is 8.42 Å². The first kappa shape index (κ1) is 33.4. The molecule has 0 aromatic heterocycles. The standard InChI is InChI=1S/C34H43N3O5S2/c1-5-42-30-16-14-29(15-17-30)37(44(40,41)32-20-18-31(43-4)19-21-32)24-33(38)36(23-27-11-9-10-25(2)22-27)26(3)34(39)35-28-12-7-6-8-13-28/h9-11,14-22,26,28H,5-8,12-13,23-24H2,1-4H3,(H,35,39)/t26-/m0/s1. The van der Waals surface area contributed by atoms with Crippen LogP contribution in [0.1, 0.15) is 57.1 Å². The molecule has 1 aliphatic rings. The monoisotopic (exact) mass is 637 g/mol. The highest BCUT2D eigenvalue weighted by molar-refractivity contribution is 7.98. The molecule has 0 heterocycles. The average molecular weight is 638 g/mol. The van der Waals surface area contributed by atoms with Gasteiger partial charge in [0.2, 0.25) is 11.8 Å². The number of benzene rings is 3. The summed E-state index contributed by atoms with van der Waals surface area (Å²) in [4.78, 5) is 30.2. The third kappa shape index (κ3) is 8.57. The molecule has 0 radical (unpaired) electrons. The summed E-state index contributed by atoms with van der Waals surface area (Å²) in [5.41, 5.74) is 2.21. The molecule has 8 nitrogen and oxygen atoms in total. The maximum Gasteiger partial charge on any atom is 0.264 e. The van der Waals surface area contributed by atoms with Gasteiger partial charge >= 0.3 is 0 Å². The van der Waals surface area contributed by atoms with Crippen LogP contribution in [0.4, 0.5) is 5.69 Å². The molecule has 1 fully saturated rings. The predicted molar refractivity (Wildman–Crippen MR) is 177 cm³/mol. The minimum absolute atomic E-state index is 0.0744. The number of thioether (sulfide) groups is 1. The minimum atomic E-state index is -4.15. The fraction of sp³-hybridized carbons (Fsp3) is 0.412. The Bertz CT molecular complexity index is 1500. The first-order valence-corrected chi connectivity index (χ1v) is 17.8. The van der Waals surface area contributed by atoms with Crippen molar-refractivity contribution in [3.8, 4) is 5.75 Å². The average Bonchev–Trinajstić information content (AvgIpc) is 3.03. The van der Waals surface area contributed by atoms with Crippen LogP contribution < -0.4 is 14.4 Å². The molecule has 236 valence electrons. The van der Waals surface area contributed by atoms with E-state index < -0.39 is 28.5 Å². The highest BCUT2D eigenvalue weighted by Gasteiger charge is 2.33. The van der Waals surface area contributed by atoms with Crippen molar-refractivity contribution in [3.63, 3.8) is 0 Å². The largest absolute Gasteiger partial charge is 0.494 e. The van der Waals surface area contributed by atoms with Crippen molar-refractivity contribution in [2.75, 3.05) is 23.7 Å². The molecule has 10 heteroatoms. The number of nitrogens with one attached hydrogen (secondary N) is 1. The van der Waals surface area contributed by atoms with Crippen LogP contribution in [0.5, 0.6) is 5.75 Å². The fourth-order valence-electron chi connectivity index (χ4n) is 5.44. The number of rotatable bonds is 13. The van der Waals surface area contributed by atoms with Crippen LogP contribution in [0, 0.1) is 6.92 Å². The highest BCUT2D eigenvalue weighted by Crippen LogP contribution is 2.28. The highest BCUT2D eigenvalue weighted by atomic mass is 32.2. The molecular weight excluding hydrogens is 595 g/mol. The lowest BCUT2D eigenvalue weighted by atomic mass is 9.95. The van der Waals surface area contributed by atoms with Crippen molar-refractivity contribution in [2.24, 2.45) is 0 Å². The molecule has 0 bridgehead atoms. The van der Waals surface area contributed by atoms with E-state index in [0.717, 1.165) is 52.4 Å². The van der Waals surface area contributed by atoms with E-state index in [0.29, 0.717) is 18.0 Å². The second kappa shape index (κ2) is 15.5. The Morgan fingerprint density at radius 3 is 2.30 bits per heavy atom. The zero-order valence-electron chi connectivity index (χ0n) is 26.0. The Balaban J connectivity index is 1.68. The molecule has 1 N–H and O–H groups in total. The molecule has 2 amide bonds. The summed E-state index contributed by atoms with van der Waals surface area (Å²) < 4.78 is 34.9. The quantitative estimate of drug-likeness (QED) is 0.225. The second-order valence-corrected chi connectivity index (χ2v) is 13.9. The summed E-state index contributed by atoms with van der Waals surface area (Å²) in [7, 11) is -4.15. The summed E-state index contributed by atoms with van der Waals surface area (Å²) in [6.07, 6.45) is 7.06. The van der Waals surface area contributed by atoms with Crippen molar-refractivity contribution in [3.05, 3.63) is 83.9 Å². The predicted octanol–water partition coefficient (Wildman–Crippen LogP) is 6.18. The molecule has 0 spiro atoms. The van der Waals surface area contributed by atoms with Gasteiger partial charge in [-0.1, -0.05) is 49.1 Å². The van der Waals surface area contributed by atoms with Crippen LogP contribution >= 0.6 is 11.8 Å². The number of ether oxygens (including phenoxy) is 1. The molecular formula is C34H43N3O5S2. The molecule has 0 unspecified atom stereocenters. The molecule has 3 aromatic carbocycles. The number of sulfonamides is 1. The zero-order chi connectivity index (χ0) is 31.7. The number of nitrogens with zero attached hydrogens (tertiary/aromatic N) is 2. The number of anilines is 1. The van der Waals surface area contributed by atoms with Gasteiger partial charge in [0.1, 0.15) is 18.3 Å². The van der Waals surface area contributed by atoms with E-state index in [4.69, 9.17) is 4.74 Å². The molecule has 1 saturated carbocycles. The Kier molecular flexibility index (Phi) is 11.7. The number of amides is 2. The van der Waals surface area contributed by atoms with E-state index in [1.54, 1.807) is 55.5 Å². The zero-order valence-corrected chi connectivity index (χ0v) is 27.6. The second-order valence-electron chi connectivity index (χ2n) is 11.1. The van der Waals surface area contributed by atoms with E-state index in [2.05, 4.69) is 5.32 Å². The van der Waals surface area contributed by atoms with Crippen molar-refractivity contribution < 1.29 is 22.7 Å². The number of carbonyl (C=O) groups is 2. The maximum atomic E-state index is 14.2. The van der Waals surface area contributed by atoms with Crippen LogP contribution in [0.3, 0.4) is 0 Å². The Morgan fingerprint density at radius 2 is 1.68 bits per heavy atom. The SMILES string of the molecule is CCOc1ccc(N(CC(=O)N(Cc2cccc(C)c2)[C@@H](C)C(=O)NC2CCCCC2)S(=O)(=O)c2ccc(SC)cc2)cc1. The Hall–Kier alpha value is -3.50. The molecule has 3 aromatic rings. The Labute approximate surface area is 266 Å². The Morgan fingerprint density at radius 1 is 1.00 bits per heavy atom. The van der Waals surface area contributed by atoms with E-state index in [-0.39, 0.29) is 23.4 Å². The molecule has 1 aliphatic carbocycles. The lowest BCUT2D eigenvalue weighted by Crippen LogP contribution is -2.53. The molecule has 0 aliphatic heterocycles. The van der Waals surface area contributed by atoms with Gasteiger partial charge < -0.3 is 15.0 Å². The van der Waals surface area contributed by atoms with Gasteiger partial charge in [0.15, 0.2) is 0 Å². The van der Waals surface area contributed by atoms with E-state index in [9.17, 15) is 18.0 Å². The third-order valence-electron chi connectivity index (χ3n) is 7.92. The van der Waals surface area contributed by atoms with Crippen LogP contribution in [-0.4, -0.2) is 56.6 Å². The van der Waals surface area contributed by atoms with E-state index in [1.807, 2.05) is 44.4 Å². The van der Waals surface area contributed by atoms with Gasteiger partial charge in [-0.2, -0.15) is 0 Å². The number of carbonyl (C=O) groups excluding carboxylic acids is 2. The summed E-state index contributed by atoms with van der Waals surface area (Å²) >= 11 is 1.51. The summed E-state index contributed by atoms with van der Waals surface area (Å²) in [5, 5.41) is 3.14. The lowest BCUT2D eigenvalue weighted by Gasteiger charge is -2.33. The van der Waals surface area contributed by atoms with Crippen molar-refractivity contribution in [1.29, 1.82) is 0 Å². The molecule has 1 atom stereocenters. The number of hydrogen-bond donors (Lipinski definition) is 1. The van der Waals surface area contributed by atoms with Gasteiger partial charge in [-0.05, 0) is 94.0 Å². The van der Waals surface area contributed by atoms with Crippen molar-refractivity contribution in [1.82, 2.24) is 10.2 Å². The fourth-order valence-corrected chi connectivity index (χ4v) is 7.26. The minimum Gasteiger partial charge on any atom is -0.494 e. The molecule has 4 rings (SSSR count). The molecule has 0 saturated heterocycles. The van der Waals surface area contributed by atoms with Crippen LogP contribution in [0.15, 0.2) is 82.6 Å². The summed E-state index contributed by atoms with van der Waals surface area (Å²) in [6.45, 7) is 5.71. The normalized spacial score (nSPS) is 14.5. The lowest BCUT2D eigenvalue weighted by molar-refractivity contribution is -0.139. The summed E-state index contributed by atoms with van der Waals surface area (Å²) in [6, 6.07) is 20.3. The summed E-state index contributed by atoms with van der Waals surface area (Å²) in [5.74, 6) is -0.115. The van der Waals surface area contributed by atoms with Crippen LogP contribution in [-0.2, 0) is 26.2 Å². The van der Waals surface area contributed by atoms with Gasteiger partial charge in [0.25, 0.3) is 10.0 Å². The number of hydrogen-bond acceptors (Lipinski definition) is 6. The van der Waals surface area contributed by atoms with Gasteiger partial charge in [0, 0.05) is 17.5 Å². The third-order valence-corrected chi connectivity index (χ3v) is 10.4. The van der Waals surface area contributed by atoms with Gasteiger partial charge in [-0.3, -0.25) is 13.9 Å². The first-order valence-electron chi connectivity index (χ1n) is 15.2. The number of aryl methyl sites for hydroxylation is 1.